The molecule has 0 aliphatic rings. The molecule has 0 bridgehead atoms. The molecule has 0 heterocycles. The molecule has 0 aromatic carbocycles. The van der Waals surface area contributed by atoms with E-state index < -0.39 is 17.5 Å². The summed E-state index contributed by atoms with van der Waals surface area (Å²) in [7, 11) is 0. The van der Waals surface area contributed by atoms with Crippen molar-refractivity contribution in [3.63, 3.8) is 0 Å². The molecule has 0 radical (unpaired) electrons. The van der Waals surface area contributed by atoms with E-state index >= 15 is 0 Å². The fraction of sp³-hybridized carbons (Fsp3) is 0.750. The fourth-order valence-electron chi connectivity index (χ4n) is 0.597. The molecule has 0 aliphatic carbocycles. The Morgan fingerprint density at radius 2 is 1.69 bits per heavy atom. The first-order valence-electron chi connectivity index (χ1n) is 3.73. The Balaban J connectivity index is 0. The van der Waals surface area contributed by atoms with E-state index in [4.69, 9.17) is 4.74 Å². The predicted octanol–water partition coefficient (Wildman–Crippen LogP) is -3.14. The van der Waals surface area contributed by atoms with Crippen molar-refractivity contribution in [1.29, 1.82) is 0 Å². The van der Waals surface area contributed by atoms with Crippen LogP contribution < -0.4 is 34.7 Å². The summed E-state index contributed by atoms with van der Waals surface area (Å²) in [5.41, 5.74) is -0.553. The molecule has 0 aliphatic heterocycles. The summed E-state index contributed by atoms with van der Waals surface area (Å²) in [6, 6.07) is 0. The molecule has 0 N–H and O–H groups in total. The number of carbonyl (C=O) groups is 2. The molecule has 0 unspecified atom stereocenters. The average molecular weight is 196 g/mol. The Morgan fingerprint density at radius 1 is 1.23 bits per heavy atom. The zero-order chi connectivity index (χ0) is 9.78. The first kappa shape index (κ1) is 15.4. The molecule has 0 saturated carbocycles. The van der Waals surface area contributed by atoms with Crippen molar-refractivity contribution >= 4 is 11.9 Å². The van der Waals surface area contributed by atoms with Gasteiger partial charge in [-0.2, -0.15) is 0 Å². The first-order valence-corrected chi connectivity index (χ1v) is 3.73. The molecule has 0 rings (SSSR count). The maximum absolute atomic E-state index is 10.8. The Labute approximate surface area is 99.9 Å². The van der Waals surface area contributed by atoms with Crippen LogP contribution in [0.15, 0.2) is 0 Å². The van der Waals surface area contributed by atoms with E-state index in [0.717, 1.165) is 0 Å². The molecule has 0 spiro atoms. The smallest absolute Gasteiger partial charge is 0.550 e. The molecular weight excluding hydrogens is 183 g/mol. The van der Waals surface area contributed by atoms with Gasteiger partial charge < -0.3 is 14.6 Å². The standard InChI is InChI=1S/C8H14O4.Na/c1-8(2,3)12-7(11)5-4-6(9)10;/h4-5H2,1-3H3,(H,9,10);/q;+1/p-1. The minimum atomic E-state index is -1.24. The van der Waals surface area contributed by atoms with Crippen molar-refractivity contribution in [3.05, 3.63) is 0 Å². The summed E-state index contributed by atoms with van der Waals surface area (Å²) in [4.78, 5) is 20.8. The van der Waals surface area contributed by atoms with Crippen LogP contribution >= 0.6 is 0 Å². The van der Waals surface area contributed by atoms with Gasteiger partial charge in [0.05, 0.1) is 6.42 Å². The van der Waals surface area contributed by atoms with Gasteiger partial charge in [-0.3, -0.25) is 4.79 Å². The second kappa shape index (κ2) is 6.40. The topological polar surface area (TPSA) is 66.4 Å². The summed E-state index contributed by atoms with van der Waals surface area (Å²) in [5, 5.41) is 9.95. The van der Waals surface area contributed by atoms with Gasteiger partial charge in [0.15, 0.2) is 0 Å². The Hall–Kier alpha value is -0.0600. The Morgan fingerprint density at radius 3 is 2.00 bits per heavy atom. The molecule has 13 heavy (non-hydrogen) atoms. The van der Waals surface area contributed by atoms with Gasteiger partial charge >= 0.3 is 35.5 Å². The second-order valence-corrected chi connectivity index (χ2v) is 3.46. The molecule has 0 aromatic heterocycles. The van der Waals surface area contributed by atoms with Crippen LogP contribution in [0.5, 0.6) is 0 Å². The van der Waals surface area contributed by atoms with Crippen LogP contribution in [0, 0.1) is 0 Å². The number of carbonyl (C=O) groups excluding carboxylic acids is 2. The van der Waals surface area contributed by atoms with E-state index in [9.17, 15) is 14.7 Å². The minimum Gasteiger partial charge on any atom is -0.550 e. The number of esters is 1. The summed E-state index contributed by atoms with van der Waals surface area (Å²) in [6.07, 6.45) is -0.408. The summed E-state index contributed by atoms with van der Waals surface area (Å²) < 4.78 is 4.86. The molecule has 0 amide bonds. The molecule has 0 saturated heterocycles. The average Bonchev–Trinajstić information content (AvgIpc) is 1.79. The van der Waals surface area contributed by atoms with Crippen LogP contribution in [-0.4, -0.2) is 17.5 Å². The third-order valence-electron chi connectivity index (χ3n) is 0.953. The molecule has 5 heteroatoms. The quantitative estimate of drug-likeness (QED) is 0.353. The Bertz CT molecular complexity index is 183. The Kier molecular flexibility index (Phi) is 7.59. The third-order valence-corrected chi connectivity index (χ3v) is 0.953. The zero-order valence-corrected chi connectivity index (χ0v) is 10.5. The van der Waals surface area contributed by atoms with Gasteiger partial charge in [-0.1, -0.05) is 0 Å². The van der Waals surface area contributed by atoms with Gasteiger partial charge in [0.1, 0.15) is 5.60 Å². The molecule has 0 aromatic rings. The number of hydrogen-bond acceptors (Lipinski definition) is 4. The van der Waals surface area contributed by atoms with Gasteiger partial charge in [-0.25, -0.2) is 0 Å². The van der Waals surface area contributed by atoms with Crippen LogP contribution in [0.1, 0.15) is 33.6 Å². The first-order chi connectivity index (χ1) is 5.31. The number of aliphatic carboxylic acids is 1. The van der Waals surface area contributed by atoms with Crippen LogP contribution in [0.3, 0.4) is 0 Å². The van der Waals surface area contributed by atoms with Crippen LogP contribution in [0.2, 0.25) is 0 Å². The third kappa shape index (κ3) is 11.9. The fourth-order valence-corrected chi connectivity index (χ4v) is 0.597. The summed E-state index contributed by atoms with van der Waals surface area (Å²) in [5.74, 6) is -1.74. The van der Waals surface area contributed by atoms with E-state index in [1.165, 1.54) is 0 Å². The number of carboxylic acids is 1. The maximum atomic E-state index is 10.8. The van der Waals surface area contributed by atoms with Gasteiger partial charge in [0, 0.05) is 5.97 Å². The molecule has 4 nitrogen and oxygen atoms in total. The monoisotopic (exact) mass is 196 g/mol. The van der Waals surface area contributed by atoms with Crippen LogP contribution in [0.4, 0.5) is 0 Å². The van der Waals surface area contributed by atoms with Crippen molar-refractivity contribution < 1.29 is 49.0 Å². The van der Waals surface area contributed by atoms with Gasteiger partial charge in [-0.05, 0) is 27.2 Å². The van der Waals surface area contributed by atoms with Gasteiger partial charge in [0.25, 0.3) is 0 Å². The number of ether oxygens (including phenoxy) is 1. The van der Waals surface area contributed by atoms with Crippen LogP contribution in [0.25, 0.3) is 0 Å². The van der Waals surface area contributed by atoms with Crippen molar-refractivity contribution in [2.24, 2.45) is 0 Å². The number of carboxylic acid groups (broad SMARTS) is 1. The van der Waals surface area contributed by atoms with Crippen molar-refractivity contribution in [2.75, 3.05) is 0 Å². The van der Waals surface area contributed by atoms with Crippen molar-refractivity contribution in [3.8, 4) is 0 Å². The summed E-state index contributed by atoms with van der Waals surface area (Å²) >= 11 is 0. The van der Waals surface area contributed by atoms with E-state index in [2.05, 4.69) is 0 Å². The van der Waals surface area contributed by atoms with E-state index in [-0.39, 0.29) is 42.4 Å². The molecule has 0 fully saturated rings. The molecule has 70 valence electrons. The maximum Gasteiger partial charge on any atom is 1.00 e. The van der Waals surface area contributed by atoms with E-state index in [1.807, 2.05) is 0 Å². The molecule has 0 atom stereocenters. The number of hydrogen-bond donors (Lipinski definition) is 0. The zero-order valence-electron chi connectivity index (χ0n) is 8.55. The SMILES string of the molecule is CC(C)(C)OC(=O)CCC(=O)[O-].[Na+]. The summed E-state index contributed by atoms with van der Waals surface area (Å²) in [6.45, 7) is 5.18. The second-order valence-electron chi connectivity index (χ2n) is 3.46. The van der Waals surface area contributed by atoms with Gasteiger partial charge in [0.2, 0.25) is 0 Å². The predicted molar refractivity (Wildman–Crippen MR) is 40.1 cm³/mol. The minimum absolute atomic E-state index is 0. The van der Waals surface area contributed by atoms with Crippen LogP contribution in [-0.2, 0) is 14.3 Å². The van der Waals surface area contributed by atoms with Crippen molar-refractivity contribution in [1.82, 2.24) is 0 Å². The van der Waals surface area contributed by atoms with E-state index in [0.29, 0.717) is 0 Å². The van der Waals surface area contributed by atoms with Crippen molar-refractivity contribution in [2.45, 2.75) is 39.2 Å². The normalized spacial score (nSPS) is 10.1. The van der Waals surface area contributed by atoms with E-state index in [1.54, 1.807) is 20.8 Å². The largest absolute Gasteiger partial charge is 1.00 e. The number of rotatable bonds is 3. The van der Waals surface area contributed by atoms with Gasteiger partial charge in [-0.15, -0.1) is 0 Å². The molecular formula is C8H13NaO4.